The number of hydrogen-bond acceptors (Lipinski definition) is 5. The van der Waals surface area contributed by atoms with Gasteiger partial charge in [-0.2, -0.15) is 5.10 Å². The molecule has 1 aromatic heterocycles. The van der Waals surface area contributed by atoms with E-state index in [1.54, 1.807) is 17.1 Å². The molecule has 0 unspecified atom stereocenters. The van der Waals surface area contributed by atoms with Crippen molar-refractivity contribution in [3.8, 4) is 0 Å². The first-order valence-electron chi connectivity index (χ1n) is 9.17. The summed E-state index contributed by atoms with van der Waals surface area (Å²) < 4.78 is 18.9. The molecular formula is C18H27N3O4. The van der Waals surface area contributed by atoms with Crippen LogP contribution in [0.15, 0.2) is 12.4 Å². The van der Waals surface area contributed by atoms with E-state index in [0.717, 1.165) is 45.8 Å². The molecule has 0 aromatic carbocycles. The zero-order valence-corrected chi connectivity index (χ0v) is 14.9. The summed E-state index contributed by atoms with van der Waals surface area (Å²) in [7, 11) is 1.83. The number of likely N-dealkylation sites (tertiary alicyclic amines) is 1. The third-order valence-electron chi connectivity index (χ3n) is 5.84. The fraction of sp³-hybridized carbons (Fsp3) is 0.778. The molecular weight excluding hydrogens is 322 g/mol. The number of aryl methyl sites for hydroxylation is 1. The second-order valence-electron chi connectivity index (χ2n) is 7.73. The largest absolute Gasteiger partial charge is 0.381 e. The minimum atomic E-state index is -0.0525. The molecule has 0 spiro atoms. The Hall–Kier alpha value is -1.44. The molecule has 4 heterocycles. The van der Waals surface area contributed by atoms with E-state index in [1.165, 1.54) is 0 Å². The van der Waals surface area contributed by atoms with E-state index < -0.39 is 0 Å². The van der Waals surface area contributed by atoms with Gasteiger partial charge in [0.1, 0.15) is 0 Å². The number of hydrogen-bond donors (Lipinski definition) is 0. The number of carbonyl (C=O) groups is 1. The molecule has 0 radical (unpaired) electrons. The molecule has 4 rings (SSSR count). The number of rotatable bonds is 5. The van der Waals surface area contributed by atoms with Crippen LogP contribution in [0.1, 0.15) is 23.2 Å². The van der Waals surface area contributed by atoms with Crippen molar-refractivity contribution < 1.29 is 19.0 Å². The maximum atomic E-state index is 12.7. The summed E-state index contributed by atoms with van der Waals surface area (Å²) in [5, 5.41) is 4.11. The zero-order chi connectivity index (χ0) is 17.3. The quantitative estimate of drug-likeness (QED) is 0.792. The first-order valence-corrected chi connectivity index (χ1v) is 9.17. The molecule has 7 nitrogen and oxygen atoms in total. The lowest BCUT2D eigenvalue weighted by Crippen LogP contribution is -2.38. The van der Waals surface area contributed by atoms with Gasteiger partial charge in [-0.05, 0) is 18.8 Å². The minimum Gasteiger partial charge on any atom is -0.381 e. The lowest BCUT2D eigenvalue weighted by molar-refractivity contribution is -0.0150. The Morgan fingerprint density at radius 2 is 2.24 bits per heavy atom. The highest BCUT2D eigenvalue weighted by molar-refractivity contribution is 5.94. The lowest BCUT2D eigenvalue weighted by atomic mass is 9.82. The Morgan fingerprint density at radius 1 is 1.40 bits per heavy atom. The van der Waals surface area contributed by atoms with E-state index in [0.29, 0.717) is 37.2 Å². The summed E-state index contributed by atoms with van der Waals surface area (Å²) in [5.41, 5.74) is 0.602. The first-order chi connectivity index (χ1) is 12.2. The van der Waals surface area contributed by atoms with E-state index in [9.17, 15) is 4.79 Å². The highest BCUT2D eigenvalue weighted by Crippen LogP contribution is 2.42. The molecule has 3 saturated heterocycles. The van der Waals surface area contributed by atoms with E-state index in [2.05, 4.69) is 5.10 Å². The number of aromatic nitrogens is 2. The molecule has 0 saturated carbocycles. The summed E-state index contributed by atoms with van der Waals surface area (Å²) in [5.74, 6) is 1.02. The molecule has 3 fully saturated rings. The summed E-state index contributed by atoms with van der Waals surface area (Å²) in [4.78, 5) is 14.7. The summed E-state index contributed by atoms with van der Waals surface area (Å²) in [6.45, 7) is 6.00. The molecule has 3 aliphatic rings. The van der Waals surface area contributed by atoms with Crippen molar-refractivity contribution in [2.75, 3.05) is 52.7 Å². The minimum absolute atomic E-state index is 0.0525. The highest BCUT2D eigenvalue weighted by atomic mass is 16.5. The molecule has 138 valence electrons. The summed E-state index contributed by atoms with van der Waals surface area (Å²) >= 11 is 0. The molecule has 25 heavy (non-hydrogen) atoms. The van der Waals surface area contributed by atoms with Crippen molar-refractivity contribution in [3.63, 3.8) is 0 Å². The van der Waals surface area contributed by atoms with Gasteiger partial charge in [-0.25, -0.2) is 0 Å². The van der Waals surface area contributed by atoms with Gasteiger partial charge in [0.2, 0.25) is 0 Å². The van der Waals surface area contributed by atoms with Crippen molar-refractivity contribution >= 4 is 5.91 Å². The second kappa shape index (κ2) is 7.05. The monoisotopic (exact) mass is 349 g/mol. The van der Waals surface area contributed by atoms with Crippen LogP contribution in [-0.2, 0) is 21.3 Å². The fourth-order valence-electron chi connectivity index (χ4n) is 4.25. The number of fused-ring (bicyclic) bond motifs is 1. The average Bonchev–Trinajstić information content (AvgIpc) is 3.29. The van der Waals surface area contributed by atoms with Crippen LogP contribution < -0.4 is 0 Å². The predicted molar refractivity (Wildman–Crippen MR) is 90.2 cm³/mol. The molecule has 7 heteroatoms. The third kappa shape index (κ3) is 3.45. The molecule has 0 aliphatic carbocycles. The third-order valence-corrected chi connectivity index (χ3v) is 5.84. The maximum absolute atomic E-state index is 12.7. The van der Waals surface area contributed by atoms with Crippen LogP contribution in [0.5, 0.6) is 0 Å². The van der Waals surface area contributed by atoms with Crippen LogP contribution in [0.25, 0.3) is 0 Å². The topological polar surface area (TPSA) is 65.8 Å². The van der Waals surface area contributed by atoms with Gasteiger partial charge in [-0.15, -0.1) is 0 Å². The molecule has 0 N–H and O–H groups in total. The summed E-state index contributed by atoms with van der Waals surface area (Å²) in [6, 6.07) is 0. The number of ether oxygens (including phenoxy) is 3. The van der Waals surface area contributed by atoms with Crippen molar-refractivity contribution in [1.29, 1.82) is 0 Å². The van der Waals surface area contributed by atoms with Crippen LogP contribution in [0.3, 0.4) is 0 Å². The Bertz CT molecular complexity index is 613. The Kier molecular flexibility index (Phi) is 4.80. The van der Waals surface area contributed by atoms with Crippen molar-refractivity contribution in [1.82, 2.24) is 14.7 Å². The second-order valence-corrected chi connectivity index (χ2v) is 7.73. The summed E-state index contributed by atoms with van der Waals surface area (Å²) in [6.07, 6.45) is 5.58. The number of amides is 1. The SMILES string of the molecule is Cn1cc(C(=O)N2C[C@@H]3COC[C@]3(COCC3CCOCC3)C2)cn1. The molecule has 3 aliphatic heterocycles. The van der Waals surface area contributed by atoms with Crippen LogP contribution in [0, 0.1) is 17.3 Å². The standard InChI is InChI=1S/C18H27N3O4/c1-20-7-15(6-19-20)17(22)21-8-16-10-25-13-18(16,11-21)12-24-9-14-2-4-23-5-3-14/h6-7,14,16H,2-5,8-13H2,1H3/t16-,18-/m1/s1. The van der Waals surface area contributed by atoms with Crippen LogP contribution in [0.2, 0.25) is 0 Å². The first kappa shape index (κ1) is 17.0. The fourth-order valence-corrected chi connectivity index (χ4v) is 4.25. The van der Waals surface area contributed by atoms with Crippen LogP contribution in [0.4, 0.5) is 0 Å². The molecule has 1 amide bonds. The van der Waals surface area contributed by atoms with Crippen LogP contribution in [-0.4, -0.2) is 73.3 Å². The Morgan fingerprint density at radius 3 is 3.00 bits per heavy atom. The van der Waals surface area contributed by atoms with E-state index in [-0.39, 0.29) is 11.3 Å². The van der Waals surface area contributed by atoms with E-state index in [1.807, 2.05) is 11.9 Å². The molecule has 1 aromatic rings. The van der Waals surface area contributed by atoms with Crippen molar-refractivity contribution in [2.45, 2.75) is 12.8 Å². The van der Waals surface area contributed by atoms with Gasteiger partial charge in [0.05, 0.1) is 31.6 Å². The van der Waals surface area contributed by atoms with E-state index in [4.69, 9.17) is 14.2 Å². The zero-order valence-electron chi connectivity index (χ0n) is 14.9. The highest BCUT2D eigenvalue weighted by Gasteiger charge is 2.52. The van der Waals surface area contributed by atoms with Gasteiger partial charge in [0.25, 0.3) is 5.91 Å². The van der Waals surface area contributed by atoms with Crippen molar-refractivity contribution in [2.24, 2.45) is 24.3 Å². The average molecular weight is 349 g/mol. The van der Waals surface area contributed by atoms with Gasteiger partial charge in [0, 0.05) is 57.5 Å². The lowest BCUT2D eigenvalue weighted by Gasteiger charge is -2.29. The van der Waals surface area contributed by atoms with Crippen molar-refractivity contribution in [3.05, 3.63) is 18.0 Å². The smallest absolute Gasteiger partial charge is 0.257 e. The Labute approximate surface area is 148 Å². The maximum Gasteiger partial charge on any atom is 0.257 e. The van der Waals surface area contributed by atoms with Gasteiger partial charge in [-0.3, -0.25) is 9.48 Å². The predicted octanol–water partition coefficient (Wildman–Crippen LogP) is 0.952. The van der Waals surface area contributed by atoms with Gasteiger partial charge < -0.3 is 19.1 Å². The molecule has 0 bridgehead atoms. The number of carbonyl (C=O) groups excluding carboxylic acids is 1. The van der Waals surface area contributed by atoms with Crippen LogP contribution >= 0.6 is 0 Å². The van der Waals surface area contributed by atoms with E-state index >= 15 is 0 Å². The van der Waals surface area contributed by atoms with Gasteiger partial charge >= 0.3 is 0 Å². The van der Waals surface area contributed by atoms with Gasteiger partial charge in [-0.1, -0.05) is 0 Å². The molecule has 2 atom stereocenters. The number of nitrogens with zero attached hydrogens (tertiary/aromatic N) is 3. The normalized spacial score (nSPS) is 30.0. The Balaban J connectivity index is 1.36. The van der Waals surface area contributed by atoms with Gasteiger partial charge in [0.15, 0.2) is 0 Å².